The summed E-state index contributed by atoms with van der Waals surface area (Å²) in [6, 6.07) is 4.21. The smallest absolute Gasteiger partial charge is 0.274 e. The van der Waals surface area contributed by atoms with Gasteiger partial charge in [-0.15, -0.1) is 5.26 Å². The lowest BCUT2D eigenvalue weighted by Gasteiger charge is -2.34. The second-order valence-electron chi connectivity index (χ2n) is 3.10. The Morgan fingerprint density at radius 1 is 1.38 bits per heavy atom. The first kappa shape index (κ1) is 9.91. The van der Waals surface area contributed by atoms with Crippen LogP contribution in [0.5, 0.6) is 0 Å². The van der Waals surface area contributed by atoms with Gasteiger partial charge in [0, 0.05) is 13.1 Å². The average molecular weight is 183 g/mol. The lowest BCUT2D eigenvalue weighted by atomic mass is 10.2. The van der Waals surface area contributed by atoms with E-state index in [9.17, 15) is 4.39 Å². The van der Waals surface area contributed by atoms with Crippen molar-refractivity contribution in [2.75, 3.05) is 32.8 Å². The van der Waals surface area contributed by atoms with Gasteiger partial charge in [-0.2, -0.15) is 5.26 Å². The molecule has 0 aromatic heterocycles. The van der Waals surface area contributed by atoms with Gasteiger partial charge in [0.25, 0.3) is 6.07 Å². The lowest BCUT2D eigenvalue weighted by Crippen LogP contribution is -2.51. The van der Waals surface area contributed by atoms with Crippen LogP contribution in [-0.2, 0) is 0 Å². The van der Waals surface area contributed by atoms with Gasteiger partial charge in [-0.05, 0) is 0 Å². The van der Waals surface area contributed by atoms with Crippen LogP contribution in [0.3, 0.4) is 0 Å². The normalized spacial score (nSPS) is 25.0. The molecule has 1 N–H and O–H groups in total. The zero-order valence-electron chi connectivity index (χ0n) is 7.33. The van der Waals surface area contributed by atoms with Gasteiger partial charge in [0.2, 0.25) is 0 Å². The third kappa shape index (κ3) is 2.98. The highest BCUT2D eigenvalue weighted by atomic mass is 19.1. The monoisotopic (exact) mass is 183 g/mol. The van der Waals surface area contributed by atoms with Crippen LogP contribution in [-0.4, -0.2) is 48.8 Å². The summed E-state index contributed by atoms with van der Waals surface area (Å²) in [6.45, 7) is 1.80. The molecule has 13 heavy (non-hydrogen) atoms. The van der Waals surface area contributed by atoms with E-state index in [0.717, 1.165) is 0 Å². The fourth-order valence-corrected chi connectivity index (χ4v) is 1.46. The highest BCUT2D eigenvalue weighted by Gasteiger charge is 2.24. The molecule has 70 valence electrons. The lowest BCUT2D eigenvalue weighted by molar-refractivity contribution is -0.0978. The average Bonchev–Trinajstić information content (AvgIpc) is 2.04. The van der Waals surface area contributed by atoms with Crippen LogP contribution in [0.1, 0.15) is 0 Å². The molecule has 0 saturated carbocycles. The Balaban J connectivity index is 2.44. The first-order chi connectivity index (χ1) is 6.26. The second kappa shape index (κ2) is 4.76. The SMILES string of the molecule is N#CCN1CC(F)CN(CC#[NH+])C1. The minimum Gasteiger partial charge on any atom is -0.274 e. The molecule has 1 fully saturated rings. The van der Waals surface area contributed by atoms with E-state index in [1.165, 1.54) is 0 Å². The predicted octanol–water partition coefficient (Wildman–Crippen LogP) is -1.80. The molecule has 0 aliphatic carbocycles. The van der Waals surface area contributed by atoms with Gasteiger partial charge in [0.1, 0.15) is 12.7 Å². The number of halogens is 1. The van der Waals surface area contributed by atoms with Gasteiger partial charge in [0.05, 0.1) is 19.3 Å². The summed E-state index contributed by atoms with van der Waals surface area (Å²) < 4.78 is 13.0. The van der Waals surface area contributed by atoms with Gasteiger partial charge in [-0.3, -0.25) is 9.80 Å². The molecular formula is C8H12FN4+. The van der Waals surface area contributed by atoms with Gasteiger partial charge >= 0.3 is 0 Å². The Morgan fingerprint density at radius 3 is 2.54 bits per heavy atom. The molecule has 5 heteroatoms. The summed E-state index contributed by atoms with van der Waals surface area (Å²) in [4.78, 5) is 3.49. The number of hydrogen-bond acceptors (Lipinski definition) is 3. The fraction of sp³-hybridized carbons (Fsp3) is 0.750. The summed E-state index contributed by atoms with van der Waals surface area (Å²) in [6.07, 6.45) is -0.921. The molecule has 0 aromatic carbocycles. The molecule has 0 bridgehead atoms. The Morgan fingerprint density at radius 2 is 2.00 bits per heavy atom. The van der Waals surface area contributed by atoms with Gasteiger partial charge in [-0.25, -0.2) is 4.39 Å². The van der Waals surface area contributed by atoms with Crippen LogP contribution in [0.2, 0.25) is 0 Å². The van der Waals surface area contributed by atoms with E-state index in [0.29, 0.717) is 26.3 Å². The van der Waals surface area contributed by atoms with Crippen molar-refractivity contribution in [1.29, 1.82) is 5.26 Å². The van der Waals surface area contributed by atoms with Crippen LogP contribution >= 0.6 is 0 Å². The summed E-state index contributed by atoms with van der Waals surface area (Å²) in [5.74, 6) is 0. The maximum atomic E-state index is 13.0. The molecule has 1 aliphatic rings. The predicted molar refractivity (Wildman–Crippen MR) is 43.4 cm³/mol. The van der Waals surface area contributed by atoms with E-state index in [1.807, 2.05) is 6.07 Å². The molecule has 0 aromatic rings. The number of hydrogen-bond donors (Lipinski definition) is 1. The number of alkyl halides is 1. The van der Waals surface area contributed by atoms with Crippen LogP contribution < -0.4 is 5.26 Å². The van der Waals surface area contributed by atoms with Crippen LogP contribution in [0.25, 0.3) is 0 Å². The van der Waals surface area contributed by atoms with E-state index >= 15 is 0 Å². The number of rotatable bonds is 2. The van der Waals surface area contributed by atoms with E-state index in [1.54, 1.807) is 9.80 Å². The van der Waals surface area contributed by atoms with Gasteiger partial charge in [0.15, 0.2) is 0 Å². The van der Waals surface area contributed by atoms with E-state index in [2.05, 4.69) is 6.07 Å². The summed E-state index contributed by atoms with van der Waals surface area (Å²) >= 11 is 0. The van der Waals surface area contributed by atoms with E-state index < -0.39 is 6.17 Å². The molecule has 0 radical (unpaired) electrons. The first-order valence-corrected chi connectivity index (χ1v) is 4.11. The highest BCUT2D eigenvalue weighted by molar-refractivity contribution is 4.85. The Labute approximate surface area is 76.8 Å². The van der Waals surface area contributed by atoms with Crippen molar-refractivity contribution in [3.05, 3.63) is 0 Å². The summed E-state index contributed by atoms with van der Waals surface area (Å²) in [5, 5.41) is 15.2. The second-order valence-corrected chi connectivity index (χ2v) is 3.10. The van der Waals surface area contributed by atoms with Crippen LogP contribution in [0.4, 0.5) is 4.39 Å². The third-order valence-electron chi connectivity index (χ3n) is 1.91. The maximum absolute atomic E-state index is 13.0. The molecule has 1 unspecified atom stereocenters. The van der Waals surface area contributed by atoms with Crippen molar-refractivity contribution in [2.45, 2.75) is 6.17 Å². The van der Waals surface area contributed by atoms with E-state index in [-0.39, 0.29) is 6.54 Å². The van der Waals surface area contributed by atoms with Gasteiger partial charge < -0.3 is 0 Å². The van der Waals surface area contributed by atoms with Crippen molar-refractivity contribution in [1.82, 2.24) is 9.80 Å². The molecule has 1 aliphatic heterocycles. The van der Waals surface area contributed by atoms with E-state index in [4.69, 9.17) is 10.5 Å². The summed E-state index contributed by atoms with van der Waals surface area (Å²) in [5.41, 5.74) is 0. The van der Waals surface area contributed by atoms with Crippen molar-refractivity contribution in [2.24, 2.45) is 0 Å². The topological polar surface area (TPSA) is 54.1 Å². The van der Waals surface area contributed by atoms with Gasteiger partial charge in [-0.1, -0.05) is 0 Å². The van der Waals surface area contributed by atoms with Crippen LogP contribution in [0, 0.1) is 17.4 Å². The molecule has 1 saturated heterocycles. The van der Waals surface area contributed by atoms with Crippen molar-refractivity contribution < 1.29 is 9.65 Å². The number of nitrogens with one attached hydrogen (secondary N) is 1. The third-order valence-corrected chi connectivity index (χ3v) is 1.91. The summed E-state index contributed by atoms with van der Waals surface area (Å²) in [7, 11) is 0. The number of nitriles is 1. The van der Waals surface area contributed by atoms with Crippen molar-refractivity contribution in [3.63, 3.8) is 0 Å². The molecule has 1 atom stereocenters. The van der Waals surface area contributed by atoms with Crippen LogP contribution in [0.15, 0.2) is 0 Å². The Hall–Kier alpha value is -1.17. The minimum absolute atomic E-state index is 0.245. The van der Waals surface area contributed by atoms with Crippen molar-refractivity contribution >= 4 is 0 Å². The maximum Gasteiger partial charge on any atom is 0.286 e. The zero-order valence-corrected chi connectivity index (χ0v) is 7.33. The largest absolute Gasteiger partial charge is 0.286 e. The Bertz CT molecular complexity index is 218. The highest BCUT2D eigenvalue weighted by Crippen LogP contribution is 2.07. The number of nitrogens with zero attached hydrogens (tertiary/aromatic N) is 3. The standard InChI is InChI=1S/C8H11FN4/c9-8-5-12(3-1-10)7-13(6-8)4-2-11/h8H,3-7H2/p+1. The zero-order chi connectivity index (χ0) is 9.68. The molecule has 0 spiro atoms. The van der Waals surface area contributed by atoms with Crippen molar-refractivity contribution in [3.8, 4) is 12.1 Å². The molecule has 0 amide bonds. The molecular weight excluding hydrogens is 171 g/mol. The molecule has 1 heterocycles. The fourth-order valence-electron chi connectivity index (χ4n) is 1.46. The minimum atomic E-state index is -0.921. The quantitative estimate of drug-likeness (QED) is 0.514. The molecule has 1 rings (SSSR count). The Kier molecular flexibility index (Phi) is 3.63. The first-order valence-electron chi connectivity index (χ1n) is 4.11. The molecule has 4 nitrogen and oxygen atoms in total.